The van der Waals surface area contributed by atoms with Gasteiger partial charge < -0.3 is 13.9 Å². The Labute approximate surface area is 182 Å². The van der Waals surface area contributed by atoms with Gasteiger partial charge in [0.15, 0.2) is 5.16 Å². The van der Waals surface area contributed by atoms with Gasteiger partial charge >= 0.3 is 5.97 Å². The molecular weight excluding hydrogens is 420 g/mol. The Kier molecular flexibility index (Phi) is 6.38. The van der Waals surface area contributed by atoms with E-state index in [1.165, 1.54) is 18.0 Å². The molecule has 0 saturated carbocycles. The molecule has 0 spiro atoms. The second kappa shape index (κ2) is 9.36. The first-order valence-corrected chi connectivity index (χ1v) is 10.9. The minimum atomic E-state index is -0.421. The van der Waals surface area contributed by atoms with Crippen LogP contribution in [0, 0.1) is 0 Å². The van der Waals surface area contributed by atoms with Gasteiger partial charge in [0.05, 0.1) is 29.5 Å². The van der Waals surface area contributed by atoms with Crippen LogP contribution in [0.1, 0.15) is 29.5 Å². The number of thioether (sulfide) groups is 1. The Hall–Kier alpha value is -3.11. The molecule has 1 aromatic carbocycles. The summed E-state index contributed by atoms with van der Waals surface area (Å²) in [6.07, 6.45) is 2.14. The van der Waals surface area contributed by atoms with Crippen molar-refractivity contribution < 1.29 is 18.7 Å². The molecule has 0 atom stereocenters. The number of aromatic nitrogens is 4. The standard InChI is InChI=1S/C21H22N4O5S/c1-3-29-19(27)15-9-12-30-17(15)13-31-21-23-22-20-24(10-6-11-28-2)18(26)14-7-4-5-8-16(14)25(20)21/h4-5,7-9,12H,3,6,10-11,13H2,1-2H3. The lowest BCUT2D eigenvalue weighted by molar-refractivity contribution is 0.0524. The number of hydrogen-bond donors (Lipinski definition) is 0. The number of hydrogen-bond acceptors (Lipinski definition) is 8. The SMILES string of the molecule is CCOC(=O)c1ccoc1CSc1nnc2n(CCCOC)c(=O)c3ccccc3n12. The lowest BCUT2D eigenvalue weighted by atomic mass is 10.2. The first-order valence-electron chi connectivity index (χ1n) is 9.87. The molecule has 4 rings (SSSR count). The van der Waals surface area contributed by atoms with Crippen molar-refractivity contribution in [3.05, 3.63) is 58.3 Å². The van der Waals surface area contributed by atoms with Gasteiger partial charge in [-0.25, -0.2) is 4.79 Å². The minimum Gasteiger partial charge on any atom is -0.468 e. The van der Waals surface area contributed by atoms with Crippen LogP contribution in [0.2, 0.25) is 0 Å². The van der Waals surface area contributed by atoms with Gasteiger partial charge in [-0.3, -0.25) is 13.8 Å². The summed E-state index contributed by atoms with van der Waals surface area (Å²) < 4.78 is 19.2. The minimum absolute atomic E-state index is 0.112. The zero-order valence-electron chi connectivity index (χ0n) is 17.2. The number of nitrogens with zero attached hydrogens (tertiary/aromatic N) is 4. The zero-order valence-corrected chi connectivity index (χ0v) is 18.1. The lowest BCUT2D eigenvalue weighted by Gasteiger charge is -2.11. The van der Waals surface area contributed by atoms with Crippen LogP contribution in [0.3, 0.4) is 0 Å². The maximum Gasteiger partial charge on any atom is 0.341 e. The summed E-state index contributed by atoms with van der Waals surface area (Å²) >= 11 is 1.37. The fourth-order valence-electron chi connectivity index (χ4n) is 3.37. The Bertz CT molecular complexity index is 1280. The summed E-state index contributed by atoms with van der Waals surface area (Å²) in [5, 5.41) is 9.78. The molecular formula is C21H22N4O5S. The van der Waals surface area contributed by atoms with E-state index in [1.54, 1.807) is 30.7 Å². The quantitative estimate of drug-likeness (QED) is 0.221. The van der Waals surface area contributed by atoms with Crippen LogP contribution >= 0.6 is 11.8 Å². The van der Waals surface area contributed by atoms with Crippen LogP contribution in [0.15, 0.2) is 51.0 Å². The highest BCUT2D eigenvalue weighted by Crippen LogP contribution is 2.26. The molecule has 9 nitrogen and oxygen atoms in total. The maximum atomic E-state index is 13.0. The van der Waals surface area contributed by atoms with Crippen LogP contribution in [-0.4, -0.2) is 45.5 Å². The molecule has 3 aromatic heterocycles. The van der Waals surface area contributed by atoms with E-state index in [2.05, 4.69) is 10.2 Å². The van der Waals surface area contributed by atoms with Gasteiger partial charge in [-0.2, -0.15) is 0 Å². The van der Waals surface area contributed by atoms with E-state index in [0.29, 0.717) is 53.0 Å². The van der Waals surface area contributed by atoms with Gasteiger partial charge in [-0.1, -0.05) is 23.9 Å². The fourth-order valence-corrected chi connectivity index (χ4v) is 4.26. The number of esters is 1. The maximum absolute atomic E-state index is 13.0. The van der Waals surface area contributed by atoms with Crippen LogP contribution in [0.4, 0.5) is 0 Å². The van der Waals surface area contributed by atoms with Gasteiger partial charge in [0.2, 0.25) is 5.78 Å². The smallest absolute Gasteiger partial charge is 0.341 e. The Morgan fingerprint density at radius 3 is 2.87 bits per heavy atom. The van der Waals surface area contributed by atoms with Crippen molar-refractivity contribution in [3.8, 4) is 0 Å². The van der Waals surface area contributed by atoms with Crippen LogP contribution in [-0.2, 0) is 21.8 Å². The van der Waals surface area contributed by atoms with Crippen molar-refractivity contribution in [1.82, 2.24) is 19.2 Å². The van der Waals surface area contributed by atoms with Crippen molar-refractivity contribution in [2.75, 3.05) is 20.3 Å². The van der Waals surface area contributed by atoms with Gasteiger partial charge in [-0.15, -0.1) is 10.2 Å². The zero-order chi connectivity index (χ0) is 21.8. The average molecular weight is 442 g/mol. The number of para-hydroxylation sites is 1. The van der Waals surface area contributed by atoms with Gasteiger partial charge in [0, 0.05) is 20.3 Å². The average Bonchev–Trinajstić information content (AvgIpc) is 3.42. The van der Waals surface area contributed by atoms with Gasteiger partial charge in [-0.05, 0) is 31.5 Å². The molecule has 0 saturated heterocycles. The van der Waals surface area contributed by atoms with E-state index < -0.39 is 5.97 Å². The molecule has 0 bridgehead atoms. The van der Waals surface area contributed by atoms with Crippen LogP contribution in [0.25, 0.3) is 16.7 Å². The molecule has 0 amide bonds. The molecule has 0 aliphatic rings. The summed E-state index contributed by atoms with van der Waals surface area (Å²) in [5.41, 5.74) is 1.01. The van der Waals surface area contributed by atoms with Crippen LogP contribution in [0.5, 0.6) is 0 Å². The van der Waals surface area contributed by atoms with Crippen molar-refractivity contribution in [2.45, 2.75) is 30.8 Å². The molecule has 0 aliphatic carbocycles. The van der Waals surface area contributed by atoms with Crippen molar-refractivity contribution in [1.29, 1.82) is 0 Å². The third kappa shape index (κ3) is 4.08. The molecule has 0 unspecified atom stereocenters. The topological polar surface area (TPSA) is 101 Å². The molecule has 162 valence electrons. The summed E-state index contributed by atoms with van der Waals surface area (Å²) in [4.78, 5) is 25.1. The number of methoxy groups -OCH3 is 1. The van der Waals surface area contributed by atoms with E-state index in [9.17, 15) is 9.59 Å². The molecule has 0 radical (unpaired) electrons. The third-order valence-electron chi connectivity index (χ3n) is 4.78. The van der Waals surface area contributed by atoms with Gasteiger partial charge in [0.25, 0.3) is 5.56 Å². The van der Waals surface area contributed by atoms with E-state index in [1.807, 2.05) is 22.6 Å². The highest BCUT2D eigenvalue weighted by Gasteiger charge is 2.20. The highest BCUT2D eigenvalue weighted by atomic mass is 32.2. The number of furan rings is 1. The number of benzene rings is 1. The highest BCUT2D eigenvalue weighted by molar-refractivity contribution is 7.98. The molecule has 4 aromatic rings. The van der Waals surface area contributed by atoms with Crippen molar-refractivity contribution in [2.24, 2.45) is 0 Å². The van der Waals surface area contributed by atoms with Crippen molar-refractivity contribution in [3.63, 3.8) is 0 Å². The second-order valence-electron chi connectivity index (χ2n) is 6.70. The van der Waals surface area contributed by atoms with Crippen LogP contribution < -0.4 is 5.56 Å². The van der Waals surface area contributed by atoms with Gasteiger partial charge in [0.1, 0.15) is 11.3 Å². The molecule has 0 N–H and O–H groups in total. The Morgan fingerprint density at radius 2 is 2.06 bits per heavy atom. The predicted octanol–water partition coefficient (Wildman–Crippen LogP) is 3.14. The number of carbonyl (C=O) groups excluding carboxylic acids is 1. The largest absolute Gasteiger partial charge is 0.468 e. The number of aryl methyl sites for hydroxylation is 1. The van der Waals surface area contributed by atoms with E-state index in [-0.39, 0.29) is 12.2 Å². The predicted molar refractivity (Wildman–Crippen MR) is 115 cm³/mol. The fraction of sp³-hybridized carbons (Fsp3) is 0.333. The van der Waals surface area contributed by atoms with Crippen molar-refractivity contribution >= 4 is 34.4 Å². The first kappa shape index (κ1) is 21.1. The number of rotatable bonds is 9. The summed E-state index contributed by atoms with van der Waals surface area (Å²) in [6.45, 7) is 3.05. The number of carbonyl (C=O) groups is 1. The number of fused-ring (bicyclic) bond motifs is 3. The summed E-state index contributed by atoms with van der Waals surface area (Å²) in [6, 6.07) is 8.97. The van der Waals surface area contributed by atoms with E-state index in [4.69, 9.17) is 13.9 Å². The summed E-state index contributed by atoms with van der Waals surface area (Å²) in [7, 11) is 1.63. The van der Waals surface area contributed by atoms with E-state index in [0.717, 1.165) is 5.52 Å². The molecule has 3 heterocycles. The lowest BCUT2D eigenvalue weighted by Crippen LogP contribution is -2.24. The molecule has 0 aliphatic heterocycles. The molecule has 0 fully saturated rings. The Balaban J connectivity index is 1.72. The Morgan fingerprint density at radius 1 is 1.23 bits per heavy atom. The number of ether oxygens (including phenoxy) is 2. The normalized spacial score (nSPS) is 11.4. The second-order valence-corrected chi connectivity index (χ2v) is 7.65. The monoisotopic (exact) mass is 442 g/mol. The third-order valence-corrected chi connectivity index (χ3v) is 5.71. The molecule has 31 heavy (non-hydrogen) atoms. The summed E-state index contributed by atoms with van der Waals surface area (Å²) in [5.74, 6) is 0.902. The molecule has 10 heteroatoms. The first-order chi connectivity index (χ1) is 15.2. The van der Waals surface area contributed by atoms with E-state index >= 15 is 0 Å².